The molecular weight excluding hydrogens is 154 g/mol. The normalized spacial score (nSPS) is 18.6. The van der Waals surface area contributed by atoms with Crippen molar-refractivity contribution in [2.45, 2.75) is 26.7 Å². The minimum atomic E-state index is 0.0539. The number of piperidine rings is 1. The van der Waals surface area contributed by atoms with Gasteiger partial charge >= 0.3 is 0 Å². The molecule has 3 nitrogen and oxygen atoms in total. The minimum Gasteiger partial charge on any atom is -0.342 e. The number of likely N-dealkylation sites (tertiary alicyclic amines) is 1. The van der Waals surface area contributed by atoms with Gasteiger partial charge < -0.3 is 4.90 Å². The number of nitrogens with zero attached hydrogens (tertiary/aromatic N) is 1. The summed E-state index contributed by atoms with van der Waals surface area (Å²) in [5.74, 6) is 0.503. The summed E-state index contributed by atoms with van der Waals surface area (Å²) in [7, 11) is 0. The van der Waals surface area contributed by atoms with Crippen molar-refractivity contribution in [3.63, 3.8) is 0 Å². The van der Waals surface area contributed by atoms with Gasteiger partial charge in [-0.1, -0.05) is 13.8 Å². The SMILES string of the molecule is CC(C)C(=O)N1CCC(=O)CC1. The molecule has 1 amide bonds. The van der Waals surface area contributed by atoms with E-state index >= 15 is 0 Å². The number of hydrogen-bond donors (Lipinski definition) is 0. The van der Waals surface area contributed by atoms with E-state index in [0.29, 0.717) is 25.9 Å². The smallest absolute Gasteiger partial charge is 0.225 e. The molecule has 0 aliphatic carbocycles. The van der Waals surface area contributed by atoms with Gasteiger partial charge in [-0.15, -0.1) is 0 Å². The Balaban J connectivity index is 2.44. The van der Waals surface area contributed by atoms with Gasteiger partial charge in [-0.2, -0.15) is 0 Å². The highest BCUT2D eigenvalue weighted by molar-refractivity contribution is 5.84. The van der Waals surface area contributed by atoms with E-state index in [4.69, 9.17) is 0 Å². The van der Waals surface area contributed by atoms with Gasteiger partial charge in [-0.05, 0) is 0 Å². The fourth-order valence-electron chi connectivity index (χ4n) is 1.34. The monoisotopic (exact) mass is 169 g/mol. The quantitative estimate of drug-likeness (QED) is 0.583. The molecule has 0 unspecified atom stereocenters. The molecule has 0 radical (unpaired) electrons. The highest BCUT2D eigenvalue weighted by Gasteiger charge is 2.21. The summed E-state index contributed by atoms with van der Waals surface area (Å²) in [5, 5.41) is 0. The van der Waals surface area contributed by atoms with Crippen LogP contribution >= 0.6 is 0 Å². The lowest BCUT2D eigenvalue weighted by Crippen LogP contribution is -2.40. The van der Waals surface area contributed by atoms with Crippen LogP contribution in [0.25, 0.3) is 0 Å². The highest BCUT2D eigenvalue weighted by atomic mass is 16.2. The number of Topliss-reactive ketones (excluding diaryl/α,β-unsaturated/α-hetero) is 1. The second kappa shape index (κ2) is 3.70. The maximum Gasteiger partial charge on any atom is 0.225 e. The molecule has 1 saturated heterocycles. The summed E-state index contributed by atoms with van der Waals surface area (Å²) in [6.07, 6.45) is 1.08. The molecule has 0 spiro atoms. The molecule has 0 saturated carbocycles. The van der Waals surface area contributed by atoms with E-state index in [2.05, 4.69) is 0 Å². The second-order valence-electron chi connectivity index (χ2n) is 3.52. The fourth-order valence-corrected chi connectivity index (χ4v) is 1.34. The molecule has 0 aromatic heterocycles. The van der Waals surface area contributed by atoms with E-state index in [9.17, 15) is 9.59 Å². The molecule has 3 heteroatoms. The average Bonchev–Trinajstić information content (AvgIpc) is 2.04. The molecule has 12 heavy (non-hydrogen) atoms. The van der Waals surface area contributed by atoms with Crippen LogP contribution < -0.4 is 0 Å². The third-order valence-corrected chi connectivity index (χ3v) is 2.13. The van der Waals surface area contributed by atoms with Gasteiger partial charge in [0.05, 0.1) is 0 Å². The van der Waals surface area contributed by atoms with Crippen molar-refractivity contribution in [1.29, 1.82) is 0 Å². The van der Waals surface area contributed by atoms with Crippen LogP contribution in [0.2, 0.25) is 0 Å². The second-order valence-corrected chi connectivity index (χ2v) is 3.52. The van der Waals surface area contributed by atoms with E-state index in [1.165, 1.54) is 0 Å². The predicted molar refractivity (Wildman–Crippen MR) is 45.7 cm³/mol. The molecular formula is C9H15NO2. The van der Waals surface area contributed by atoms with E-state index in [0.717, 1.165) is 0 Å². The maximum atomic E-state index is 11.4. The molecule has 0 aromatic rings. The molecule has 0 bridgehead atoms. The number of rotatable bonds is 1. The van der Waals surface area contributed by atoms with Crippen molar-refractivity contribution in [1.82, 2.24) is 4.90 Å². The zero-order valence-corrected chi connectivity index (χ0v) is 7.67. The molecule has 1 aliphatic heterocycles. The van der Waals surface area contributed by atoms with E-state index < -0.39 is 0 Å². The van der Waals surface area contributed by atoms with Crippen LogP contribution in [0.15, 0.2) is 0 Å². The summed E-state index contributed by atoms with van der Waals surface area (Å²) in [6.45, 7) is 5.02. The minimum absolute atomic E-state index is 0.0539. The topological polar surface area (TPSA) is 37.4 Å². The van der Waals surface area contributed by atoms with Crippen LogP contribution in [0.1, 0.15) is 26.7 Å². The Morgan fingerprint density at radius 2 is 1.83 bits per heavy atom. The van der Waals surface area contributed by atoms with Gasteiger partial charge in [0.15, 0.2) is 0 Å². The lowest BCUT2D eigenvalue weighted by Gasteiger charge is -2.27. The maximum absolute atomic E-state index is 11.4. The summed E-state index contributed by atoms with van der Waals surface area (Å²) in [5.41, 5.74) is 0. The van der Waals surface area contributed by atoms with E-state index in [1.54, 1.807) is 4.90 Å². The molecule has 0 N–H and O–H groups in total. The van der Waals surface area contributed by atoms with Gasteiger partial charge in [0.2, 0.25) is 5.91 Å². The summed E-state index contributed by atoms with van der Waals surface area (Å²) >= 11 is 0. The van der Waals surface area contributed by atoms with Crippen molar-refractivity contribution in [2.24, 2.45) is 5.92 Å². The Morgan fingerprint density at radius 3 is 2.25 bits per heavy atom. The van der Waals surface area contributed by atoms with Crippen molar-refractivity contribution in [3.8, 4) is 0 Å². The van der Waals surface area contributed by atoms with Crippen LogP contribution in [0.4, 0.5) is 0 Å². The Kier molecular flexibility index (Phi) is 2.84. The average molecular weight is 169 g/mol. The Morgan fingerprint density at radius 1 is 1.33 bits per heavy atom. The number of carbonyl (C=O) groups excluding carboxylic acids is 2. The van der Waals surface area contributed by atoms with E-state index in [-0.39, 0.29) is 17.6 Å². The van der Waals surface area contributed by atoms with Crippen molar-refractivity contribution in [3.05, 3.63) is 0 Å². The lowest BCUT2D eigenvalue weighted by atomic mass is 10.1. The van der Waals surface area contributed by atoms with Crippen LogP contribution in [-0.2, 0) is 9.59 Å². The number of carbonyl (C=O) groups is 2. The zero-order valence-electron chi connectivity index (χ0n) is 7.67. The van der Waals surface area contributed by atoms with Gasteiger partial charge in [0, 0.05) is 31.8 Å². The Labute approximate surface area is 72.7 Å². The molecule has 1 rings (SSSR count). The molecule has 1 heterocycles. The van der Waals surface area contributed by atoms with Crippen molar-refractivity contribution >= 4 is 11.7 Å². The number of amides is 1. The fraction of sp³-hybridized carbons (Fsp3) is 0.778. The highest BCUT2D eigenvalue weighted by Crippen LogP contribution is 2.09. The van der Waals surface area contributed by atoms with Gasteiger partial charge in [0.1, 0.15) is 5.78 Å². The summed E-state index contributed by atoms with van der Waals surface area (Å²) in [4.78, 5) is 24.1. The molecule has 1 fully saturated rings. The predicted octanol–water partition coefficient (Wildman–Crippen LogP) is 0.834. The first-order chi connectivity index (χ1) is 5.61. The third kappa shape index (κ3) is 2.06. The van der Waals surface area contributed by atoms with Crippen LogP contribution in [-0.4, -0.2) is 29.7 Å². The summed E-state index contributed by atoms with van der Waals surface area (Å²) < 4.78 is 0. The standard InChI is InChI=1S/C9H15NO2/c1-7(2)9(12)10-5-3-8(11)4-6-10/h7H,3-6H2,1-2H3. The van der Waals surface area contributed by atoms with Crippen LogP contribution in [0.3, 0.4) is 0 Å². The number of ketones is 1. The van der Waals surface area contributed by atoms with E-state index in [1.807, 2.05) is 13.8 Å². The first-order valence-electron chi connectivity index (χ1n) is 4.41. The van der Waals surface area contributed by atoms with Crippen molar-refractivity contribution in [2.75, 3.05) is 13.1 Å². The lowest BCUT2D eigenvalue weighted by molar-refractivity contribution is -0.137. The molecule has 68 valence electrons. The molecule has 0 atom stereocenters. The Hall–Kier alpha value is -0.860. The van der Waals surface area contributed by atoms with Crippen LogP contribution in [0.5, 0.6) is 0 Å². The van der Waals surface area contributed by atoms with Gasteiger partial charge in [-0.25, -0.2) is 0 Å². The molecule has 0 aromatic carbocycles. The first-order valence-corrected chi connectivity index (χ1v) is 4.41. The van der Waals surface area contributed by atoms with Gasteiger partial charge in [-0.3, -0.25) is 9.59 Å². The summed E-state index contributed by atoms with van der Waals surface area (Å²) in [6, 6.07) is 0. The number of hydrogen-bond acceptors (Lipinski definition) is 2. The zero-order chi connectivity index (χ0) is 9.14. The largest absolute Gasteiger partial charge is 0.342 e. The third-order valence-electron chi connectivity index (χ3n) is 2.13. The first kappa shape index (κ1) is 9.23. The van der Waals surface area contributed by atoms with Crippen molar-refractivity contribution < 1.29 is 9.59 Å². The Bertz CT molecular complexity index is 189. The van der Waals surface area contributed by atoms with Gasteiger partial charge in [0.25, 0.3) is 0 Å². The van der Waals surface area contributed by atoms with Crippen LogP contribution in [0, 0.1) is 5.92 Å². The molecule has 1 aliphatic rings.